The molecular weight excluding hydrogens is 204 g/mol. The first-order chi connectivity index (χ1) is 7.78. The lowest BCUT2D eigenvalue weighted by Gasteiger charge is -1.97. The van der Waals surface area contributed by atoms with Gasteiger partial charge in [0.1, 0.15) is 6.29 Å². The summed E-state index contributed by atoms with van der Waals surface area (Å²) in [7, 11) is 0. The van der Waals surface area contributed by atoms with Gasteiger partial charge in [-0.05, 0) is 12.5 Å². The molecule has 0 atom stereocenters. The number of aromatic nitrogens is 2. The van der Waals surface area contributed by atoms with Crippen molar-refractivity contribution in [2.24, 2.45) is 0 Å². The molecule has 0 aliphatic heterocycles. The SMILES string of the molecule is Cc1cccc(Cc2noc(CC=O)n2)c1. The van der Waals surface area contributed by atoms with Crippen molar-refractivity contribution in [3.05, 3.63) is 47.1 Å². The number of nitrogens with zero attached hydrogens (tertiary/aromatic N) is 2. The van der Waals surface area contributed by atoms with Crippen LogP contribution in [0.5, 0.6) is 0 Å². The second-order valence-electron chi connectivity index (χ2n) is 3.64. The van der Waals surface area contributed by atoms with Crippen molar-refractivity contribution < 1.29 is 9.32 Å². The number of carbonyl (C=O) groups excluding carboxylic acids is 1. The minimum Gasteiger partial charge on any atom is -0.339 e. The zero-order valence-corrected chi connectivity index (χ0v) is 9.01. The van der Waals surface area contributed by atoms with Gasteiger partial charge in [-0.25, -0.2) is 0 Å². The highest BCUT2D eigenvalue weighted by Gasteiger charge is 2.06. The zero-order valence-electron chi connectivity index (χ0n) is 9.01. The number of aryl methyl sites for hydroxylation is 1. The van der Waals surface area contributed by atoms with E-state index in [1.54, 1.807) is 0 Å². The topological polar surface area (TPSA) is 56.0 Å². The molecule has 2 aromatic rings. The van der Waals surface area contributed by atoms with Crippen LogP contribution in [0.25, 0.3) is 0 Å². The maximum absolute atomic E-state index is 10.3. The van der Waals surface area contributed by atoms with Crippen LogP contribution in [0.1, 0.15) is 22.8 Å². The van der Waals surface area contributed by atoms with Gasteiger partial charge in [0, 0.05) is 6.42 Å². The van der Waals surface area contributed by atoms with Crippen LogP contribution in [0.2, 0.25) is 0 Å². The normalized spacial score (nSPS) is 10.3. The van der Waals surface area contributed by atoms with E-state index in [-0.39, 0.29) is 6.42 Å². The molecule has 0 aliphatic carbocycles. The number of hydrogen-bond donors (Lipinski definition) is 0. The fourth-order valence-electron chi connectivity index (χ4n) is 1.52. The van der Waals surface area contributed by atoms with Crippen LogP contribution in [-0.2, 0) is 17.6 Å². The highest BCUT2D eigenvalue weighted by atomic mass is 16.5. The standard InChI is InChI=1S/C12H12N2O2/c1-9-3-2-4-10(7-9)8-11-13-12(5-6-15)16-14-11/h2-4,6-7H,5,8H2,1H3. The van der Waals surface area contributed by atoms with Gasteiger partial charge in [-0.1, -0.05) is 35.0 Å². The molecule has 0 amide bonds. The minimum atomic E-state index is 0.181. The molecular formula is C12H12N2O2. The van der Waals surface area contributed by atoms with Gasteiger partial charge in [0.15, 0.2) is 5.82 Å². The average molecular weight is 216 g/mol. The summed E-state index contributed by atoms with van der Waals surface area (Å²) in [5.41, 5.74) is 2.34. The van der Waals surface area contributed by atoms with Crippen LogP contribution < -0.4 is 0 Å². The highest BCUT2D eigenvalue weighted by molar-refractivity contribution is 5.52. The summed E-state index contributed by atoms with van der Waals surface area (Å²) >= 11 is 0. The zero-order chi connectivity index (χ0) is 11.4. The van der Waals surface area contributed by atoms with Gasteiger partial charge in [0.05, 0.1) is 6.42 Å². The quantitative estimate of drug-likeness (QED) is 0.730. The van der Waals surface area contributed by atoms with Gasteiger partial charge in [-0.3, -0.25) is 0 Å². The highest BCUT2D eigenvalue weighted by Crippen LogP contribution is 2.09. The smallest absolute Gasteiger partial charge is 0.233 e. The molecule has 0 unspecified atom stereocenters. The molecule has 0 spiro atoms. The second kappa shape index (κ2) is 4.70. The number of hydrogen-bond acceptors (Lipinski definition) is 4. The molecule has 4 nitrogen and oxygen atoms in total. The lowest BCUT2D eigenvalue weighted by molar-refractivity contribution is -0.107. The summed E-state index contributed by atoms with van der Waals surface area (Å²) in [5.74, 6) is 0.986. The molecule has 0 fully saturated rings. The molecule has 0 radical (unpaired) electrons. The van der Waals surface area contributed by atoms with E-state index in [0.29, 0.717) is 18.1 Å². The molecule has 0 saturated heterocycles. The van der Waals surface area contributed by atoms with Crippen LogP contribution in [-0.4, -0.2) is 16.4 Å². The summed E-state index contributed by atoms with van der Waals surface area (Å²) in [6.45, 7) is 2.04. The first-order valence-electron chi connectivity index (χ1n) is 5.08. The Kier molecular flexibility index (Phi) is 3.10. The Bertz CT molecular complexity index is 491. The Labute approximate surface area is 93.3 Å². The largest absolute Gasteiger partial charge is 0.339 e. The van der Waals surface area contributed by atoms with Gasteiger partial charge >= 0.3 is 0 Å². The fourth-order valence-corrected chi connectivity index (χ4v) is 1.52. The van der Waals surface area contributed by atoms with Crippen LogP contribution in [0.4, 0.5) is 0 Å². The Balaban J connectivity index is 2.11. The van der Waals surface area contributed by atoms with Crippen molar-refractivity contribution in [1.29, 1.82) is 0 Å². The predicted octanol–water partition coefficient (Wildman–Crippen LogP) is 1.71. The van der Waals surface area contributed by atoms with Crippen molar-refractivity contribution >= 4 is 6.29 Å². The Morgan fingerprint density at radius 1 is 1.44 bits per heavy atom. The molecule has 16 heavy (non-hydrogen) atoms. The number of benzene rings is 1. The third-order valence-electron chi connectivity index (χ3n) is 2.21. The number of aldehydes is 1. The third-order valence-corrected chi connectivity index (χ3v) is 2.21. The molecule has 1 aromatic heterocycles. The fraction of sp³-hybridized carbons (Fsp3) is 0.250. The molecule has 0 saturated carbocycles. The maximum Gasteiger partial charge on any atom is 0.233 e. The molecule has 4 heteroatoms. The van der Waals surface area contributed by atoms with Gasteiger partial charge in [-0.2, -0.15) is 4.98 Å². The average Bonchev–Trinajstić information content (AvgIpc) is 2.66. The second-order valence-corrected chi connectivity index (χ2v) is 3.64. The van der Waals surface area contributed by atoms with Gasteiger partial charge in [0.25, 0.3) is 0 Å². The summed E-state index contributed by atoms with van der Waals surface area (Å²) in [6.07, 6.45) is 1.56. The minimum absolute atomic E-state index is 0.181. The summed E-state index contributed by atoms with van der Waals surface area (Å²) < 4.78 is 4.92. The molecule has 1 aromatic carbocycles. The summed E-state index contributed by atoms with van der Waals surface area (Å²) in [5, 5.41) is 3.81. The van der Waals surface area contributed by atoms with Crippen LogP contribution in [0.3, 0.4) is 0 Å². The van der Waals surface area contributed by atoms with Crippen LogP contribution in [0, 0.1) is 6.92 Å². The van der Waals surface area contributed by atoms with Gasteiger partial charge in [0.2, 0.25) is 5.89 Å². The first kappa shape index (κ1) is 10.5. The summed E-state index contributed by atoms with van der Waals surface area (Å²) in [4.78, 5) is 14.4. The molecule has 0 bridgehead atoms. The maximum atomic E-state index is 10.3. The van der Waals surface area contributed by atoms with Crippen LogP contribution >= 0.6 is 0 Å². The van der Waals surface area contributed by atoms with E-state index in [0.717, 1.165) is 11.8 Å². The molecule has 0 aliphatic rings. The van der Waals surface area contributed by atoms with Crippen molar-refractivity contribution in [1.82, 2.24) is 10.1 Å². The van der Waals surface area contributed by atoms with Crippen molar-refractivity contribution in [3.8, 4) is 0 Å². The molecule has 1 heterocycles. The van der Waals surface area contributed by atoms with Gasteiger partial charge in [-0.15, -0.1) is 0 Å². The van der Waals surface area contributed by atoms with Crippen LogP contribution in [0.15, 0.2) is 28.8 Å². The third kappa shape index (κ3) is 2.53. The van der Waals surface area contributed by atoms with E-state index in [1.165, 1.54) is 5.56 Å². The van der Waals surface area contributed by atoms with Crippen molar-refractivity contribution in [3.63, 3.8) is 0 Å². The Morgan fingerprint density at radius 3 is 3.06 bits per heavy atom. The van der Waals surface area contributed by atoms with Crippen molar-refractivity contribution in [2.45, 2.75) is 19.8 Å². The van der Waals surface area contributed by atoms with E-state index in [2.05, 4.69) is 16.2 Å². The molecule has 82 valence electrons. The van der Waals surface area contributed by atoms with E-state index >= 15 is 0 Å². The van der Waals surface area contributed by atoms with Crippen molar-refractivity contribution in [2.75, 3.05) is 0 Å². The predicted molar refractivity (Wildman–Crippen MR) is 58.1 cm³/mol. The van der Waals surface area contributed by atoms with E-state index < -0.39 is 0 Å². The number of rotatable bonds is 4. The van der Waals surface area contributed by atoms with E-state index in [4.69, 9.17) is 4.52 Å². The number of carbonyl (C=O) groups is 1. The monoisotopic (exact) mass is 216 g/mol. The molecule has 0 N–H and O–H groups in total. The first-order valence-corrected chi connectivity index (χ1v) is 5.08. The molecule has 2 rings (SSSR count). The van der Waals surface area contributed by atoms with E-state index in [9.17, 15) is 4.79 Å². The Morgan fingerprint density at radius 2 is 2.31 bits per heavy atom. The lowest BCUT2D eigenvalue weighted by atomic mass is 10.1. The van der Waals surface area contributed by atoms with E-state index in [1.807, 2.05) is 25.1 Å². The lowest BCUT2D eigenvalue weighted by Crippen LogP contribution is -1.92. The Hall–Kier alpha value is -1.97. The van der Waals surface area contributed by atoms with Gasteiger partial charge < -0.3 is 9.32 Å². The summed E-state index contributed by atoms with van der Waals surface area (Å²) in [6, 6.07) is 8.13.